The largest absolute Gasteiger partial charge is 0.490 e. The molecular weight excluding hydrogens is 354 g/mol. The topological polar surface area (TPSA) is 83.4 Å². The van der Waals surface area contributed by atoms with E-state index < -0.39 is 6.04 Å². The third-order valence-electron chi connectivity index (χ3n) is 4.22. The van der Waals surface area contributed by atoms with Crippen molar-refractivity contribution >= 4 is 11.6 Å². The Balaban J connectivity index is 2.04. The maximum atomic E-state index is 12.5. The van der Waals surface area contributed by atoms with Crippen LogP contribution in [0.3, 0.4) is 0 Å². The molecule has 0 unspecified atom stereocenters. The van der Waals surface area contributed by atoms with Crippen LogP contribution in [-0.2, 0) is 4.79 Å². The van der Waals surface area contributed by atoms with Crippen LogP contribution in [0.4, 0.5) is 5.69 Å². The second kappa shape index (κ2) is 10.3. The Hall–Kier alpha value is -3.04. The second-order valence-electron chi connectivity index (χ2n) is 6.36. The number of benzene rings is 2. The number of carbonyl (C=O) groups is 1. The van der Waals surface area contributed by atoms with Crippen molar-refractivity contribution in [2.75, 3.05) is 18.5 Å². The summed E-state index contributed by atoms with van der Waals surface area (Å²) in [5.74, 6) is 1.24. The maximum absolute atomic E-state index is 12.5. The van der Waals surface area contributed by atoms with Crippen molar-refractivity contribution in [3.05, 3.63) is 53.6 Å². The van der Waals surface area contributed by atoms with Crippen molar-refractivity contribution in [1.29, 1.82) is 5.26 Å². The molecule has 2 aromatic carbocycles. The Bertz CT molecular complexity index is 845. The Morgan fingerprint density at radius 2 is 1.79 bits per heavy atom. The molecule has 0 saturated heterocycles. The minimum absolute atomic E-state index is 0.0684. The van der Waals surface area contributed by atoms with Gasteiger partial charge in [0.1, 0.15) is 0 Å². The lowest BCUT2D eigenvalue weighted by Gasteiger charge is -2.21. The molecule has 0 aliphatic rings. The number of ether oxygens (including phenoxy) is 2. The molecule has 2 N–H and O–H groups in total. The highest BCUT2D eigenvalue weighted by atomic mass is 16.5. The molecule has 2 rings (SSSR count). The van der Waals surface area contributed by atoms with E-state index in [0.29, 0.717) is 36.0 Å². The summed E-state index contributed by atoms with van der Waals surface area (Å²) in [7, 11) is 0. The minimum atomic E-state index is -0.428. The molecule has 0 aromatic heterocycles. The molecule has 0 aliphatic carbocycles. The number of rotatable bonds is 9. The zero-order valence-corrected chi connectivity index (χ0v) is 16.8. The van der Waals surface area contributed by atoms with E-state index in [9.17, 15) is 4.79 Å². The van der Waals surface area contributed by atoms with Gasteiger partial charge in [0.2, 0.25) is 5.91 Å². The van der Waals surface area contributed by atoms with Crippen LogP contribution in [-0.4, -0.2) is 25.2 Å². The van der Waals surface area contributed by atoms with Gasteiger partial charge in [-0.2, -0.15) is 5.26 Å². The lowest BCUT2D eigenvalue weighted by atomic mass is 10.1. The average molecular weight is 381 g/mol. The molecular formula is C22H27N3O3. The summed E-state index contributed by atoms with van der Waals surface area (Å²) in [4.78, 5) is 12.5. The number of anilines is 1. The number of hydrogen-bond donors (Lipinski definition) is 2. The molecule has 1 amide bonds. The summed E-state index contributed by atoms with van der Waals surface area (Å²) < 4.78 is 11.3. The minimum Gasteiger partial charge on any atom is -0.490 e. The summed E-state index contributed by atoms with van der Waals surface area (Å²) in [5, 5.41) is 15.1. The standard InChI is InChI=1S/C22H27N3O3/c1-5-27-20-11-10-18(13-21(20)28-6-2)15(3)24-16(4)22(26)25-19-9-7-8-17(12-19)14-23/h7-13,15-16,24H,5-6H2,1-4H3,(H,25,26)/t15-,16-/m1/s1. The normalized spacial score (nSPS) is 12.5. The highest BCUT2D eigenvalue weighted by Gasteiger charge is 2.18. The Kier molecular flexibility index (Phi) is 7.85. The highest BCUT2D eigenvalue weighted by molar-refractivity contribution is 5.94. The first-order valence-corrected chi connectivity index (χ1v) is 9.45. The average Bonchev–Trinajstić information content (AvgIpc) is 2.69. The smallest absolute Gasteiger partial charge is 0.241 e. The summed E-state index contributed by atoms with van der Waals surface area (Å²) in [6, 6.07) is 14.2. The van der Waals surface area contributed by atoms with Crippen LogP contribution in [0.1, 0.15) is 44.9 Å². The van der Waals surface area contributed by atoms with E-state index in [4.69, 9.17) is 14.7 Å². The van der Waals surface area contributed by atoms with Gasteiger partial charge >= 0.3 is 0 Å². The van der Waals surface area contributed by atoms with Crippen LogP contribution in [0.25, 0.3) is 0 Å². The van der Waals surface area contributed by atoms with Gasteiger partial charge in [0, 0.05) is 11.7 Å². The first-order chi connectivity index (χ1) is 13.5. The van der Waals surface area contributed by atoms with Gasteiger partial charge in [-0.05, 0) is 63.6 Å². The number of amides is 1. The fourth-order valence-electron chi connectivity index (χ4n) is 2.80. The second-order valence-corrected chi connectivity index (χ2v) is 6.36. The lowest BCUT2D eigenvalue weighted by Crippen LogP contribution is -2.39. The lowest BCUT2D eigenvalue weighted by molar-refractivity contribution is -0.117. The van der Waals surface area contributed by atoms with Crippen molar-refractivity contribution in [3.8, 4) is 17.6 Å². The van der Waals surface area contributed by atoms with E-state index in [-0.39, 0.29) is 11.9 Å². The van der Waals surface area contributed by atoms with Crippen LogP contribution in [0.15, 0.2) is 42.5 Å². The van der Waals surface area contributed by atoms with Gasteiger partial charge in [-0.25, -0.2) is 0 Å². The van der Waals surface area contributed by atoms with Gasteiger partial charge < -0.3 is 14.8 Å². The fourth-order valence-corrected chi connectivity index (χ4v) is 2.80. The van der Waals surface area contributed by atoms with Crippen molar-refractivity contribution in [3.63, 3.8) is 0 Å². The molecule has 28 heavy (non-hydrogen) atoms. The zero-order chi connectivity index (χ0) is 20.5. The van der Waals surface area contributed by atoms with Gasteiger partial charge in [-0.15, -0.1) is 0 Å². The van der Waals surface area contributed by atoms with Crippen molar-refractivity contribution in [2.45, 2.75) is 39.8 Å². The third kappa shape index (κ3) is 5.73. The summed E-state index contributed by atoms with van der Waals surface area (Å²) >= 11 is 0. The molecule has 6 nitrogen and oxygen atoms in total. The molecule has 0 spiro atoms. The van der Waals surface area contributed by atoms with E-state index in [1.165, 1.54) is 0 Å². The molecule has 0 saturated carbocycles. The van der Waals surface area contributed by atoms with Gasteiger partial charge in [0.05, 0.1) is 30.9 Å². The SMILES string of the molecule is CCOc1ccc([C@@H](C)N[C@H](C)C(=O)Nc2cccc(C#N)c2)cc1OCC. The Morgan fingerprint density at radius 3 is 2.46 bits per heavy atom. The molecule has 2 aromatic rings. The van der Waals surface area contributed by atoms with Crippen LogP contribution < -0.4 is 20.1 Å². The first kappa shape index (κ1) is 21.3. The number of carbonyl (C=O) groups excluding carboxylic acids is 1. The van der Waals surface area contributed by atoms with Crippen LogP contribution in [0.2, 0.25) is 0 Å². The third-order valence-corrected chi connectivity index (χ3v) is 4.22. The van der Waals surface area contributed by atoms with E-state index in [0.717, 1.165) is 5.56 Å². The summed E-state index contributed by atoms with van der Waals surface area (Å²) in [6.07, 6.45) is 0. The zero-order valence-electron chi connectivity index (χ0n) is 16.8. The molecule has 0 bridgehead atoms. The monoisotopic (exact) mass is 381 g/mol. The number of nitriles is 1. The summed E-state index contributed by atoms with van der Waals surface area (Å²) in [5.41, 5.74) is 2.10. The number of nitrogens with one attached hydrogen (secondary N) is 2. The quantitative estimate of drug-likeness (QED) is 0.685. The molecule has 0 heterocycles. The maximum Gasteiger partial charge on any atom is 0.241 e. The van der Waals surface area contributed by atoms with Crippen molar-refractivity contribution in [2.24, 2.45) is 0 Å². The number of nitrogens with zero attached hydrogens (tertiary/aromatic N) is 1. The van der Waals surface area contributed by atoms with E-state index in [1.807, 2.05) is 39.0 Å². The predicted octanol–water partition coefficient (Wildman–Crippen LogP) is 4.03. The first-order valence-electron chi connectivity index (χ1n) is 9.45. The predicted molar refractivity (Wildman–Crippen MR) is 110 cm³/mol. The van der Waals surface area contributed by atoms with Crippen LogP contribution >= 0.6 is 0 Å². The van der Waals surface area contributed by atoms with Gasteiger partial charge in [-0.1, -0.05) is 12.1 Å². The molecule has 0 aliphatic heterocycles. The van der Waals surface area contributed by atoms with Gasteiger partial charge in [0.25, 0.3) is 0 Å². The van der Waals surface area contributed by atoms with Crippen LogP contribution in [0, 0.1) is 11.3 Å². The molecule has 6 heteroatoms. The van der Waals surface area contributed by atoms with E-state index in [1.54, 1.807) is 31.2 Å². The fraction of sp³-hybridized carbons (Fsp3) is 0.364. The molecule has 0 fully saturated rings. The highest BCUT2D eigenvalue weighted by Crippen LogP contribution is 2.30. The summed E-state index contributed by atoms with van der Waals surface area (Å²) in [6.45, 7) is 8.77. The Labute approximate surface area is 166 Å². The van der Waals surface area contributed by atoms with Gasteiger partial charge in [0.15, 0.2) is 11.5 Å². The van der Waals surface area contributed by atoms with E-state index >= 15 is 0 Å². The number of hydrogen-bond acceptors (Lipinski definition) is 5. The molecule has 2 atom stereocenters. The molecule has 148 valence electrons. The van der Waals surface area contributed by atoms with Gasteiger partial charge in [-0.3, -0.25) is 10.1 Å². The van der Waals surface area contributed by atoms with Crippen molar-refractivity contribution in [1.82, 2.24) is 5.32 Å². The van der Waals surface area contributed by atoms with E-state index in [2.05, 4.69) is 16.7 Å². The molecule has 0 radical (unpaired) electrons. The van der Waals surface area contributed by atoms with Crippen molar-refractivity contribution < 1.29 is 14.3 Å². The van der Waals surface area contributed by atoms with Crippen LogP contribution in [0.5, 0.6) is 11.5 Å². The Morgan fingerprint density at radius 1 is 1.07 bits per heavy atom.